The molecule has 1 atom stereocenters. The molecule has 11 nitrogen and oxygen atoms in total. The van der Waals surface area contributed by atoms with Crippen molar-refractivity contribution in [1.82, 2.24) is 8.61 Å². The number of hydrogen-bond donors (Lipinski definition) is 2. The molecule has 230 valence electrons. The van der Waals surface area contributed by atoms with Gasteiger partial charge in [-0.1, -0.05) is 48.0 Å². The van der Waals surface area contributed by atoms with Crippen LogP contribution in [0.2, 0.25) is 5.02 Å². The van der Waals surface area contributed by atoms with E-state index in [0.29, 0.717) is 10.7 Å². The Kier molecular flexibility index (Phi) is 9.11. The molecule has 1 heterocycles. The second kappa shape index (κ2) is 12.7. The Labute approximate surface area is 261 Å². The summed E-state index contributed by atoms with van der Waals surface area (Å²) in [6, 6.07) is 25.1. The minimum absolute atomic E-state index is 0.0162. The van der Waals surface area contributed by atoms with Crippen LogP contribution >= 0.6 is 11.6 Å². The van der Waals surface area contributed by atoms with Gasteiger partial charge in [0.15, 0.2) is 0 Å². The van der Waals surface area contributed by atoms with Crippen LogP contribution in [0.15, 0.2) is 124 Å². The predicted octanol–water partition coefficient (Wildman–Crippen LogP) is 3.84. The third-order valence-electron chi connectivity index (χ3n) is 6.86. The fourth-order valence-corrected chi connectivity index (χ4v) is 8.84. The summed E-state index contributed by atoms with van der Waals surface area (Å²) in [4.78, 5) is 13.5. The first-order valence-corrected chi connectivity index (χ1v) is 17.9. The summed E-state index contributed by atoms with van der Waals surface area (Å²) in [5.74, 6) is -0.785. The monoisotopic (exact) mass is 674 g/mol. The van der Waals surface area contributed by atoms with Crippen molar-refractivity contribution in [2.24, 2.45) is 0 Å². The first kappa shape index (κ1) is 31.6. The highest BCUT2D eigenvalue weighted by atomic mass is 35.5. The average molecular weight is 675 g/mol. The van der Waals surface area contributed by atoms with Gasteiger partial charge in [0.25, 0.3) is 10.0 Å². The van der Waals surface area contributed by atoms with E-state index in [9.17, 15) is 30.0 Å². The smallest absolute Gasteiger partial charge is 0.261 e. The standard InChI is InChI=1S/C29H27ClN4O7S3/c30-22-11-13-24(14-12-22)32-42(36,37)25-17-15-23(16-18-25)31-29(35)28-21-33(43(38,39)26-7-3-1-4-8-26)19-20-34(28)44(40,41)27-9-5-2-6-10-27/h1-18,28,32H,19-21H2,(H,31,35). The van der Waals surface area contributed by atoms with E-state index in [4.69, 9.17) is 11.6 Å². The molecule has 4 aromatic rings. The molecule has 15 heteroatoms. The van der Waals surface area contributed by atoms with Crippen LogP contribution in [0, 0.1) is 0 Å². The van der Waals surface area contributed by atoms with Gasteiger partial charge in [-0.25, -0.2) is 25.3 Å². The number of rotatable bonds is 9. The summed E-state index contributed by atoms with van der Waals surface area (Å²) >= 11 is 5.86. The highest BCUT2D eigenvalue weighted by Gasteiger charge is 2.43. The molecule has 1 unspecified atom stereocenters. The number of nitrogens with one attached hydrogen (secondary N) is 2. The first-order valence-electron chi connectivity index (χ1n) is 13.2. The van der Waals surface area contributed by atoms with Gasteiger partial charge in [-0.15, -0.1) is 0 Å². The first-order chi connectivity index (χ1) is 20.9. The maximum absolute atomic E-state index is 13.6. The molecule has 1 aliphatic rings. The molecular formula is C29H27ClN4O7S3. The predicted molar refractivity (Wildman–Crippen MR) is 167 cm³/mol. The molecule has 44 heavy (non-hydrogen) atoms. The quantitative estimate of drug-likeness (QED) is 0.274. The van der Waals surface area contributed by atoms with Crippen LogP contribution in [0.3, 0.4) is 0 Å². The molecule has 2 N–H and O–H groups in total. The van der Waals surface area contributed by atoms with Gasteiger partial charge < -0.3 is 5.32 Å². The summed E-state index contributed by atoms with van der Waals surface area (Å²) in [6.45, 7) is -0.873. The van der Waals surface area contributed by atoms with Gasteiger partial charge in [-0.05, 0) is 72.8 Å². The zero-order valence-electron chi connectivity index (χ0n) is 22.9. The Bertz CT molecular complexity index is 1960. The van der Waals surface area contributed by atoms with Crippen LogP contribution in [-0.2, 0) is 34.9 Å². The van der Waals surface area contributed by atoms with Crippen molar-refractivity contribution in [1.29, 1.82) is 0 Å². The van der Waals surface area contributed by atoms with Crippen molar-refractivity contribution >= 4 is 59.0 Å². The van der Waals surface area contributed by atoms with E-state index >= 15 is 0 Å². The van der Waals surface area contributed by atoms with Crippen LogP contribution in [0.25, 0.3) is 0 Å². The molecule has 4 aromatic carbocycles. The van der Waals surface area contributed by atoms with Crippen LogP contribution in [0.5, 0.6) is 0 Å². The lowest BCUT2D eigenvalue weighted by molar-refractivity contribution is -0.120. The van der Waals surface area contributed by atoms with Crippen LogP contribution < -0.4 is 10.0 Å². The Balaban J connectivity index is 1.40. The zero-order valence-corrected chi connectivity index (χ0v) is 26.2. The molecule has 0 aromatic heterocycles. The van der Waals surface area contributed by atoms with E-state index in [2.05, 4.69) is 10.0 Å². The van der Waals surface area contributed by atoms with E-state index in [-0.39, 0.29) is 33.5 Å². The molecule has 1 fully saturated rings. The largest absolute Gasteiger partial charge is 0.325 e. The van der Waals surface area contributed by atoms with Gasteiger partial charge in [-0.2, -0.15) is 8.61 Å². The van der Waals surface area contributed by atoms with Crippen molar-refractivity contribution in [2.45, 2.75) is 20.7 Å². The van der Waals surface area contributed by atoms with Gasteiger partial charge in [-0.3, -0.25) is 9.52 Å². The SMILES string of the molecule is O=C(Nc1ccc(S(=O)(=O)Nc2ccc(Cl)cc2)cc1)C1CN(S(=O)(=O)c2ccccc2)CCN1S(=O)(=O)c1ccccc1. The Morgan fingerprint density at radius 2 is 1.16 bits per heavy atom. The van der Waals surface area contributed by atoms with Gasteiger partial charge in [0.2, 0.25) is 26.0 Å². The van der Waals surface area contributed by atoms with E-state index < -0.39 is 48.6 Å². The number of amides is 1. The molecule has 0 bridgehead atoms. The second-order valence-electron chi connectivity index (χ2n) is 9.75. The van der Waals surface area contributed by atoms with Crippen LogP contribution in [0.4, 0.5) is 11.4 Å². The number of carbonyl (C=O) groups excluding carboxylic acids is 1. The number of halogens is 1. The summed E-state index contributed by atoms with van der Waals surface area (Å²) in [6.07, 6.45) is 0. The minimum Gasteiger partial charge on any atom is -0.325 e. The van der Waals surface area contributed by atoms with Crippen molar-refractivity contribution in [3.8, 4) is 0 Å². The van der Waals surface area contributed by atoms with Crippen LogP contribution in [-0.4, -0.2) is 65.4 Å². The topological polar surface area (TPSA) is 150 Å². The average Bonchev–Trinajstić information content (AvgIpc) is 3.03. The number of piperazine rings is 1. The second-order valence-corrected chi connectivity index (χ2v) is 15.7. The summed E-state index contributed by atoms with van der Waals surface area (Å²) in [7, 11) is -12.2. The highest BCUT2D eigenvalue weighted by Crippen LogP contribution is 2.27. The van der Waals surface area contributed by atoms with Gasteiger partial charge in [0, 0.05) is 36.0 Å². The van der Waals surface area contributed by atoms with E-state index in [1.165, 1.54) is 72.8 Å². The van der Waals surface area contributed by atoms with Crippen molar-refractivity contribution in [3.05, 3.63) is 114 Å². The third-order valence-corrected chi connectivity index (χ3v) is 12.3. The summed E-state index contributed by atoms with van der Waals surface area (Å²) in [5.41, 5.74) is 0.486. The van der Waals surface area contributed by atoms with Crippen molar-refractivity contribution < 1.29 is 30.0 Å². The van der Waals surface area contributed by atoms with E-state index in [0.717, 1.165) is 8.61 Å². The summed E-state index contributed by atoms with van der Waals surface area (Å²) in [5, 5.41) is 3.06. The molecule has 0 spiro atoms. The maximum Gasteiger partial charge on any atom is 0.261 e. The number of carbonyl (C=O) groups is 1. The van der Waals surface area contributed by atoms with Crippen molar-refractivity contribution in [2.75, 3.05) is 29.7 Å². The van der Waals surface area contributed by atoms with Gasteiger partial charge in [0.1, 0.15) is 6.04 Å². The number of sulfonamides is 3. The lowest BCUT2D eigenvalue weighted by atomic mass is 10.2. The Morgan fingerprint density at radius 3 is 1.73 bits per heavy atom. The highest BCUT2D eigenvalue weighted by molar-refractivity contribution is 7.92. The Morgan fingerprint density at radius 1 is 0.636 bits per heavy atom. The molecule has 0 radical (unpaired) electrons. The number of hydrogen-bond acceptors (Lipinski definition) is 7. The molecule has 1 aliphatic heterocycles. The molecule has 0 saturated carbocycles. The number of benzene rings is 4. The van der Waals surface area contributed by atoms with E-state index in [1.807, 2.05) is 0 Å². The summed E-state index contributed by atoms with van der Waals surface area (Å²) < 4.78 is 84.1. The van der Waals surface area contributed by atoms with Crippen molar-refractivity contribution in [3.63, 3.8) is 0 Å². The fraction of sp³-hybridized carbons (Fsp3) is 0.138. The fourth-order valence-electron chi connectivity index (χ4n) is 4.61. The lowest BCUT2D eigenvalue weighted by Crippen LogP contribution is -2.60. The molecule has 1 saturated heterocycles. The minimum atomic E-state index is -4.19. The molecule has 5 rings (SSSR count). The van der Waals surface area contributed by atoms with E-state index in [1.54, 1.807) is 36.4 Å². The van der Waals surface area contributed by atoms with Crippen LogP contribution in [0.1, 0.15) is 0 Å². The van der Waals surface area contributed by atoms with Gasteiger partial charge >= 0.3 is 0 Å². The zero-order chi connectivity index (χ0) is 31.5. The molecular weight excluding hydrogens is 648 g/mol. The Hall–Kier alpha value is -3.79. The maximum atomic E-state index is 13.6. The normalized spacial score (nSPS) is 16.7. The third kappa shape index (κ3) is 6.80. The van der Waals surface area contributed by atoms with Gasteiger partial charge in [0.05, 0.1) is 14.7 Å². The molecule has 0 aliphatic carbocycles. The lowest BCUT2D eigenvalue weighted by Gasteiger charge is -2.38. The molecule has 1 amide bonds. The number of anilines is 2. The number of nitrogens with zero attached hydrogens (tertiary/aromatic N) is 2.